The van der Waals surface area contributed by atoms with E-state index < -0.39 is 34.7 Å². The summed E-state index contributed by atoms with van der Waals surface area (Å²) in [5.41, 5.74) is 11.3. The average Bonchev–Trinajstić information content (AvgIpc) is 2.71. The van der Waals surface area contributed by atoms with Gasteiger partial charge in [-0.05, 0) is 44.7 Å². The van der Waals surface area contributed by atoms with Gasteiger partial charge in [0.05, 0.1) is 0 Å². The molecule has 0 heterocycles. The number of amides is 4. The summed E-state index contributed by atoms with van der Waals surface area (Å²) in [6.07, 6.45) is -0.188. The van der Waals surface area contributed by atoms with Crippen LogP contribution in [0.4, 0.5) is 9.59 Å². The molecule has 0 bridgehead atoms. The van der Waals surface area contributed by atoms with Crippen LogP contribution in [-0.4, -0.2) is 47.2 Å². The van der Waals surface area contributed by atoms with Gasteiger partial charge in [0, 0.05) is 19.6 Å². The van der Waals surface area contributed by atoms with Crippen LogP contribution < -0.4 is 32.7 Å². The minimum atomic E-state index is -0.927. The zero-order valence-electron chi connectivity index (χ0n) is 19.4. The molecule has 188 valence electrons. The lowest BCUT2D eigenvalue weighted by molar-refractivity contribution is -0.485. The number of primary amides is 1. The summed E-state index contributed by atoms with van der Waals surface area (Å²) in [5, 5.41) is 22.6. The third-order valence-corrected chi connectivity index (χ3v) is 4.13. The number of carbonyl (C=O) groups excluding carboxylic acids is 3. The van der Waals surface area contributed by atoms with Crippen LogP contribution in [0.15, 0.2) is 29.4 Å². The van der Waals surface area contributed by atoms with Crippen LogP contribution in [-0.2, 0) is 22.6 Å². The number of benzene rings is 1. The van der Waals surface area contributed by atoms with E-state index >= 15 is 0 Å². The van der Waals surface area contributed by atoms with Crippen molar-refractivity contribution in [2.75, 3.05) is 6.54 Å². The van der Waals surface area contributed by atoms with Crippen molar-refractivity contribution < 1.29 is 24.2 Å². The summed E-state index contributed by atoms with van der Waals surface area (Å²) in [4.78, 5) is 46.0. The van der Waals surface area contributed by atoms with Gasteiger partial charge in [0.25, 0.3) is 5.96 Å². The van der Waals surface area contributed by atoms with Crippen molar-refractivity contribution in [3.8, 4) is 0 Å². The van der Waals surface area contributed by atoms with Crippen LogP contribution in [0.3, 0.4) is 0 Å². The maximum absolute atomic E-state index is 12.7. The van der Waals surface area contributed by atoms with E-state index in [1.807, 2.05) is 0 Å². The highest BCUT2D eigenvalue weighted by molar-refractivity contribution is 5.85. The topological polar surface area (TPSA) is 216 Å². The molecule has 0 spiro atoms. The predicted octanol–water partition coefficient (Wildman–Crippen LogP) is 0.241. The number of nitrogens with zero attached hydrogens (tertiary/aromatic N) is 2. The van der Waals surface area contributed by atoms with Crippen LogP contribution in [0, 0.1) is 10.1 Å². The summed E-state index contributed by atoms with van der Waals surface area (Å²) in [5.74, 6) is -0.794. The number of carbonyl (C=O) groups is 3. The van der Waals surface area contributed by atoms with Crippen LogP contribution in [0.1, 0.15) is 44.7 Å². The largest absolute Gasteiger partial charge is 0.444 e. The Morgan fingerprint density at radius 2 is 1.62 bits per heavy atom. The number of hydrazone groups is 1. The fourth-order valence-corrected chi connectivity index (χ4v) is 2.64. The lowest BCUT2D eigenvalue weighted by atomic mass is 10.1. The third kappa shape index (κ3) is 12.7. The Balaban J connectivity index is 2.68. The van der Waals surface area contributed by atoms with Crippen molar-refractivity contribution in [1.82, 2.24) is 21.3 Å². The molecule has 0 saturated carbocycles. The van der Waals surface area contributed by atoms with E-state index in [2.05, 4.69) is 26.4 Å². The van der Waals surface area contributed by atoms with E-state index in [0.717, 1.165) is 11.1 Å². The molecule has 14 nitrogen and oxygen atoms in total. The van der Waals surface area contributed by atoms with Crippen molar-refractivity contribution in [2.24, 2.45) is 16.6 Å². The Hall–Kier alpha value is -4.10. The maximum Gasteiger partial charge on any atom is 0.408 e. The second-order valence-electron chi connectivity index (χ2n) is 8.24. The summed E-state index contributed by atoms with van der Waals surface area (Å²) >= 11 is 0. The van der Waals surface area contributed by atoms with E-state index in [1.165, 1.54) is 0 Å². The first-order chi connectivity index (χ1) is 15.9. The zero-order chi connectivity index (χ0) is 25.7. The Morgan fingerprint density at radius 1 is 1.06 bits per heavy atom. The average molecular weight is 481 g/mol. The first-order valence-corrected chi connectivity index (χ1v) is 10.5. The van der Waals surface area contributed by atoms with Crippen LogP contribution >= 0.6 is 0 Å². The Morgan fingerprint density at radius 3 is 2.12 bits per heavy atom. The highest BCUT2D eigenvalue weighted by Crippen LogP contribution is 2.08. The van der Waals surface area contributed by atoms with Gasteiger partial charge >= 0.3 is 12.1 Å². The number of hydrogen-bond donors (Lipinski definition) is 6. The first-order valence-electron chi connectivity index (χ1n) is 10.5. The Kier molecular flexibility index (Phi) is 11.0. The molecular formula is C20H32N8O6. The number of guanidine groups is 1. The van der Waals surface area contributed by atoms with E-state index in [1.54, 1.807) is 45.0 Å². The highest BCUT2D eigenvalue weighted by Gasteiger charge is 2.24. The smallest absolute Gasteiger partial charge is 0.408 e. The molecule has 4 amide bonds. The fraction of sp³-hybridized carbons (Fsp3) is 0.500. The van der Waals surface area contributed by atoms with Gasteiger partial charge in [-0.15, -0.1) is 0 Å². The number of ether oxygens (including phenoxy) is 1. The van der Waals surface area contributed by atoms with E-state index in [9.17, 15) is 24.5 Å². The highest BCUT2D eigenvalue weighted by atomic mass is 16.7. The molecule has 1 atom stereocenters. The summed E-state index contributed by atoms with van der Waals surface area (Å²) < 4.78 is 5.22. The lowest BCUT2D eigenvalue weighted by Crippen LogP contribution is -2.48. The van der Waals surface area contributed by atoms with Gasteiger partial charge in [-0.25, -0.2) is 19.7 Å². The predicted molar refractivity (Wildman–Crippen MR) is 124 cm³/mol. The zero-order valence-corrected chi connectivity index (χ0v) is 19.4. The molecule has 0 radical (unpaired) electrons. The van der Waals surface area contributed by atoms with E-state index in [0.29, 0.717) is 6.42 Å². The summed E-state index contributed by atoms with van der Waals surface area (Å²) in [6, 6.07) is 5.62. The minimum Gasteiger partial charge on any atom is -0.444 e. The number of nitrogens with two attached hydrogens (primary N) is 2. The second-order valence-corrected chi connectivity index (χ2v) is 8.24. The SMILES string of the molecule is CC(C)(C)OC(=O)N[C@H](CCCNC(N)=N[N+](=O)[O-])C(=O)NCc1ccc(CNC(N)=O)cc1. The van der Waals surface area contributed by atoms with Gasteiger partial charge in [-0.1, -0.05) is 24.3 Å². The van der Waals surface area contributed by atoms with Crippen molar-refractivity contribution >= 4 is 24.0 Å². The monoisotopic (exact) mass is 480 g/mol. The molecule has 1 aromatic carbocycles. The number of rotatable bonds is 11. The number of urea groups is 1. The fourth-order valence-electron chi connectivity index (χ4n) is 2.64. The molecule has 8 N–H and O–H groups in total. The van der Waals surface area contributed by atoms with Gasteiger partial charge in [0.2, 0.25) is 5.91 Å². The van der Waals surface area contributed by atoms with E-state index in [4.69, 9.17) is 16.2 Å². The van der Waals surface area contributed by atoms with E-state index in [-0.39, 0.29) is 32.0 Å². The molecule has 1 rings (SSSR count). The lowest BCUT2D eigenvalue weighted by Gasteiger charge is -2.23. The summed E-state index contributed by atoms with van der Waals surface area (Å²) in [7, 11) is 0. The van der Waals surface area contributed by atoms with Gasteiger partial charge in [-0.2, -0.15) is 0 Å². The van der Waals surface area contributed by atoms with Crippen LogP contribution in [0.5, 0.6) is 0 Å². The van der Waals surface area contributed by atoms with Crippen molar-refractivity contribution in [1.29, 1.82) is 0 Å². The third-order valence-electron chi connectivity index (χ3n) is 4.13. The second kappa shape index (κ2) is 13.4. The van der Waals surface area contributed by atoms with Crippen LogP contribution in [0.25, 0.3) is 0 Å². The molecule has 1 aromatic rings. The molecule has 34 heavy (non-hydrogen) atoms. The molecule has 0 aliphatic heterocycles. The van der Waals surface area contributed by atoms with Gasteiger partial charge < -0.3 is 37.5 Å². The molecular weight excluding hydrogens is 448 g/mol. The molecule has 0 aliphatic carbocycles. The quantitative estimate of drug-likeness (QED) is 0.0845. The minimum absolute atomic E-state index is 0.198. The Bertz CT molecular complexity index is 882. The molecule has 0 aromatic heterocycles. The summed E-state index contributed by atoms with van der Waals surface area (Å²) in [6.45, 7) is 5.79. The van der Waals surface area contributed by atoms with Gasteiger partial charge in [0.1, 0.15) is 16.7 Å². The molecule has 0 fully saturated rings. The maximum atomic E-state index is 12.7. The Labute approximate surface area is 197 Å². The number of nitro groups is 1. The van der Waals surface area contributed by atoms with Gasteiger partial charge in [0.15, 0.2) is 5.03 Å². The molecule has 0 saturated heterocycles. The van der Waals surface area contributed by atoms with Gasteiger partial charge in [-0.3, -0.25) is 4.79 Å². The molecule has 0 unspecified atom stereocenters. The van der Waals surface area contributed by atoms with Crippen molar-refractivity contribution in [3.63, 3.8) is 0 Å². The number of alkyl carbamates (subject to hydrolysis) is 1. The standard InChI is InChI=1S/C20H32N8O6/c1-20(2,3)34-19(31)26-15(5-4-10-23-17(21)27-28(32)33)16(29)24-11-13-6-8-14(9-7-13)12-25-18(22)30/h6-9,15H,4-5,10-12H2,1-3H3,(H,24,29)(H,26,31)(H3,21,23,27)(H3,22,25,30)/t15-/m1/s1. The normalized spacial score (nSPS) is 12.3. The number of hydrogen-bond acceptors (Lipinski definition) is 6. The molecule has 0 aliphatic rings. The number of nitrogens with one attached hydrogen (secondary N) is 4. The molecule has 14 heteroatoms. The first kappa shape index (κ1) is 27.9. The van der Waals surface area contributed by atoms with Crippen LogP contribution in [0.2, 0.25) is 0 Å². The van der Waals surface area contributed by atoms with Crippen molar-refractivity contribution in [2.45, 2.75) is 58.3 Å². The van der Waals surface area contributed by atoms with Crippen molar-refractivity contribution in [3.05, 3.63) is 45.5 Å².